The van der Waals surface area contributed by atoms with Gasteiger partial charge in [0.05, 0.1) is 0 Å². The van der Waals surface area contributed by atoms with E-state index in [1.54, 1.807) is 0 Å². The molecule has 0 fully saturated rings. The minimum absolute atomic E-state index is 0.133. The maximum absolute atomic E-state index is 4.27. The van der Waals surface area contributed by atoms with Crippen molar-refractivity contribution in [3.63, 3.8) is 0 Å². The molecule has 0 aromatic carbocycles. The lowest BCUT2D eigenvalue weighted by Crippen LogP contribution is -2.38. The molecule has 0 saturated heterocycles. The first-order valence-electron chi connectivity index (χ1n) is 4.16. The second-order valence-corrected chi connectivity index (χ2v) is 3.92. The summed E-state index contributed by atoms with van der Waals surface area (Å²) in [5, 5.41) is 0. The van der Waals surface area contributed by atoms with E-state index in [1.165, 1.54) is 0 Å². The predicted molar refractivity (Wildman–Crippen MR) is 52.4 cm³/mol. The lowest BCUT2D eigenvalue weighted by molar-refractivity contribution is 0.534. The summed E-state index contributed by atoms with van der Waals surface area (Å²) in [6.45, 7) is 6.51. The van der Waals surface area contributed by atoms with Gasteiger partial charge in [-0.2, -0.15) is 0 Å². The van der Waals surface area contributed by atoms with Crippen molar-refractivity contribution in [2.45, 2.75) is 26.3 Å². The molecule has 0 unspecified atom stereocenters. The van der Waals surface area contributed by atoms with Crippen molar-refractivity contribution in [3.8, 4) is 0 Å². The SMILES string of the molecule is CN(c1ccccn1)C(C)(C)C. The second-order valence-electron chi connectivity index (χ2n) is 3.92. The number of hydrogen-bond acceptors (Lipinski definition) is 2. The van der Waals surface area contributed by atoms with Crippen LogP contribution >= 0.6 is 0 Å². The van der Waals surface area contributed by atoms with Gasteiger partial charge < -0.3 is 4.90 Å². The Morgan fingerprint density at radius 3 is 2.33 bits per heavy atom. The van der Waals surface area contributed by atoms with E-state index in [9.17, 15) is 0 Å². The van der Waals surface area contributed by atoms with E-state index in [0.29, 0.717) is 0 Å². The molecule has 1 aromatic rings. The van der Waals surface area contributed by atoms with Crippen molar-refractivity contribution in [2.24, 2.45) is 0 Å². The summed E-state index contributed by atoms with van der Waals surface area (Å²) < 4.78 is 0. The molecule has 1 rings (SSSR count). The van der Waals surface area contributed by atoms with E-state index < -0.39 is 0 Å². The maximum Gasteiger partial charge on any atom is 0.128 e. The highest BCUT2D eigenvalue weighted by atomic mass is 15.2. The largest absolute Gasteiger partial charge is 0.355 e. The number of nitrogens with zero attached hydrogens (tertiary/aromatic N) is 2. The fraction of sp³-hybridized carbons (Fsp3) is 0.500. The standard InChI is InChI=1S/C10H16N2/c1-10(2,3)12(4)9-7-5-6-8-11-9/h5-8H,1-4H3. The fourth-order valence-corrected chi connectivity index (χ4v) is 0.896. The first-order chi connectivity index (χ1) is 5.52. The Hall–Kier alpha value is -1.05. The van der Waals surface area contributed by atoms with Crippen molar-refractivity contribution in [3.05, 3.63) is 24.4 Å². The molecule has 0 N–H and O–H groups in total. The zero-order valence-electron chi connectivity index (χ0n) is 8.20. The summed E-state index contributed by atoms with van der Waals surface area (Å²) in [6, 6.07) is 5.95. The first-order valence-corrected chi connectivity index (χ1v) is 4.16. The molecule has 0 bridgehead atoms. The van der Waals surface area contributed by atoms with Crippen LogP contribution < -0.4 is 4.90 Å². The quantitative estimate of drug-likeness (QED) is 0.633. The van der Waals surface area contributed by atoms with E-state index in [1.807, 2.05) is 24.4 Å². The molecule has 0 saturated carbocycles. The van der Waals surface area contributed by atoms with Crippen LogP contribution in [0, 0.1) is 0 Å². The number of pyridine rings is 1. The fourth-order valence-electron chi connectivity index (χ4n) is 0.896. The van der Waals surface area contributed by atoms with Gasteiger partial charge in [-0.25, -0.2) is 4.98 Å². The Kier molecular flexibility index (Phi) is 2.36. The Morgan fingerprint density at radius 1 is 1.25 bits per heavy atom. The molecule has 2 nitrogen and oxygen atoms in total. The van der Waals surface area contributed by atoms with Gasteiger partial charge in [0, 0.05) is 18.8 Å². The predicted octanol–water partition coefficient (Wildman–Crippen LogP) is 2.32. The Labute approximate surface area is 74.2 Å². The van der Waals surface area contributed by atoms with Gasteiger partial charge in [0.1, 0.15) is 5.82 Å². The summed E-state index contributed by atoms with van der Waals surface area (Å²) in [6.07, 6.45) is 1.82. The third-order valence-corrected chi connectivity index (χ3v) is 2.00. The molecular formula is C10H16N2. The minimum Gasteiger partial charge on any atom is -0.355 e. The Balaban J connectivity index is 2.86. The molecule has 0 aliphatic rings. The monoisotopic (exact) mass is 164 g/mol. The number of anilines is 1. The molecule has 0 atom stereocenters. The average molecular weight is 164 g/mol. The van der Waals surface area contributed by atoms with Crippen LogP contribution in [0.3, 0.4) is 0 Å². The van der Waals surface area contributed by atoms with Gasteiger partial charge in [0.25, 0.3) is 0 Å². The smallest absolute Gasteiger partial charge is 0.128 e. The summed E-state index contributed by atoms with van der Waals surface area (Å²) in [5.41, 5.74) is 0.133. The van der Waals surface area contributed by atoms with Crippen LogP contribution in [0.25, 0.3) is 0 Å². The van der Waals surface area contributed by atoms with Crippen molar-refractivity contribution in [2.75, 3.05) is 11.9 Å². The van der Waals surface area contributed by atoms with Crippen LogP contribution in [-0.4, -0.2) is 17.6 Å². The van der Waals surface area contributed by atoms with E-state index in [-0.39, 0.29) is 5.54 Å². The van der Waals surface area contributed by atoms with Crippen LogP contribution in [0.5, 0.6) is 0 Å². The van der Waals surface area contributed by atoms with Crippen molar-refractivity contribution in [1.29, 1.82) is 0 Å². The molecule has 0 spiro atoms. The third kappa shape index (κ3) is 1.97. The number of hydrogen-bond donors (Lipinski definition) is 0. The van der Waals surface area contributed by atoms with Crippen LogP contribution in [0.15, 0.2) is 24.4 Å². The maximum atomic E-state index is 4.27. The summed E-state index contributed by atoms with van der Waals surface area (Å²) in [7, 11) is 2.06. The molecule has 0 radical (unpaired) electrons. The lowest BCUT2D eigenvalue weighted by atomic mass is 10.1. The van der Waals surface area contributed by atoms with Gasteiger partial charge >= 0.3 is 0 Å². The summed E-state index contributed by atoms with van der Waals surface area (Å²) in [4.78, 5) is 6.43. The van der Waals surface area contributed by atoms with E-state index >= 15 is 0 Å². The highest BCUT2D eigenvalue weighted by Crippen LogP contribution is 2.17. The van der Waals surface area contributed by atoms with Gasteiger partial charge in [-0.1, -0.05) is 6.07 Å². The van der Waals surface area contributed by atoms with E-state index in [4.69, 9.17) is 0 Å². The Bertz CT molecular complexity index is 236. The van der Waals surface area contributed by atoms with Crippen LogP contribution in [0.2, 0.25) is 0 Å². The van der Waals surface area contributed by atoms with Gasteiger partial charge in [0.15, 0.2) is 0 Å². The zero-order valence-corrected chi connectivity index (χ0v) is 8.20. The number of rotatable bonds is 1. The molecular weight excluding hydrogens is 148 g/mol. The summed E-state index contributed by atoms with van der Waals surface area (Å²) in [5.74, 6) is 1.02. The molecule has 1 heterocycles. The molecule has 12 heavy (non-hydrogen) atoms. The third-order valence-electron chi connectivity index (χ3n) is 2.00. The van der Waals surface area contributed by atoms with Gasteiger partial charge in [-0.15, -0.1) is 0 Å². The van der Waals surface area contributed by atoms with Crippen molar-refractivity contribution in [1.82, 2.24) is 4.98 Å². The molecule has 66 valence electrons. The van der Waals surface area contributed by atoms with Gasteiger partial charge in [-0.05, 0) is 32.9 Å². The minimum atomic E-state index is 0.133. The highest BCUT2D eigenvalue weighted by molar-refractivity contribution is 5.39. The molecule has 0 aliphatic carbocycles. The van der Waals surface area contributed by atoms with Crippen LogP contribution in [0.1, 0.15) is 20.8 Å². The molecule has 1 aromatic heterocycles. The van der Waals surface area contributed by atoms with Crippen molar-refractivity contribution >= 4 is 5.82 Å². The van der Waals surface area contributed by atoms with Gasteiger partial charge in [0.2, 0.25) is 0 Å². The Morgan fingerprint density at radius 2 is 1.92 bits per heavy atom. The average Bonchev–Trinajstić information content (AvgIpc) is 2.03. The molecule has 0 amide bonds. The first kappa shape index (κ1) is 9.04. The number of aromatic nitrogens is 1. The highest BCUT2D eigenvalue weighted by Gasteiger charge is 2.17. The lowest BCUT2D eigenvalue weighted by Gasteiger charge is -2.32. The van der Waals surface area contributed by atoms with Crippen LogP contribution in [0.4, 0.5) is 5.82 Å². The van der Waals surface area contributed by atoms with Crippen molar-refractivity contribution < 1.29 is 0 Å². The molecule has 2 heteroatoms. The van der Waals surface area contributed by atoms with Crippen LogP contribution in [-0.2, 0) is 0 Å². The van der Waals surface area contributed by atoms with E-state index in [0.717, 1.165) is 5.82 Å². The van der Waals surface area contributed by atoms with E-state index in [2.05, 4.69) is 37.7 Å². The second kappa shape index (κ2) is 3.13. The van der Waals surface area contributed by atoms with Gasteiger partial charge in [-0.3, -0.25) is 0 Å². The normalized spacial score (nSPS) is 11.3. The topological polar surface area (TPSA) is 16.1 Å². The summed E-state index contributed by atoms with van der Waals surface area (Å²) >= 11 is 0. The zero-order chi connectivity index (χ0) is 9.19. The molecule has 0 aliphatic heterocycles.